The Labute approximate surface area is 153 Å². The number of rotatable bonds is 5. The predicted molar refractivity (Wildman–Crippen MR) is 91.2 cm³/mol. The molecule has 0 unspecified atom stereocenters. The van der Waals surface area contributed by atoms with Gasteiger partial charge in [-0.25, -0.2) is 9.59 Å². The first-order valence-electron chi connectivity index (χ1n) is 8.53. The summed E-state index contributed by atoms with van der Waals surface area (Å²) in [7, 11) is 2.39. The van der Waals surface area contributed by atoms with Crippen molar-refractivity contribution in [2.24, 2.45) is 0 Å². The number of hydrogen-bond acceptors (Lipinski definition) is 7. The average molecular weight is 372 g/mol. The normalized spacial score (nSPS) is 19.2. The molecule has 0 spiro atoms. The Morgan fingerprint density at radius 3 is 2.38 bits per heavy atom. The molecule has 2 amide bonds. The molecule has 1 rings (SSSR count). The van der Waals surface area contributed by atoms with Gasteiger partial charge in [-0.05, 0) is 40.0 Å². The van der Waals surface area contributed by atoms with Crippen molar-refractivity contribution < 1.29 is 33.4 Å². The van der Waals surface area contributed by atoms with Crippen LogP contribution >= 0.6 is 0 Å². The van der Waals surface area contributed by atoms with Crippen LogP contribution in [0.1, 0.15) is 46.5 Å². The lowest BCUT2D eigenvalue weighted by Gasteiger charge is -2.31. The summed E-state index contributed by atoms with van der Waals surface area (Å²) in [5.74, 6) is -1.79. The van der Waals surface area contributed by atoms with E-state index in [0.717, 1.165) is 0 Å². The number of likely N-dealkylation sites (tertiary alicyclic amines) is 1. The molecule has 0 aliphatic carbocycles. The molecule has 26 heavy (non-hydrogen) atoms. The number of methoxy groups -OCH3 is 2. The van der Waals surface area contributed by atoms with Crippen molar-refractivity contribution in [2.75, 3.05) is 20.8 Å². The number of nitrogens with zero attached hydrogens (tertiary/aromatic N) is 1. The first-order chi connectivity index (χ1) is 12.1. The Hall–Kier alpha value is -2.32. The van der Waals surface area contributed by atoms with E-state index in [1.807, 2.05) is 0 Å². The number of amides is 2. The molecule has 1 N–H and O–H groups in total. The maximum Gasteiger partial charge on any atom is 0.408 e. The van der Waals surface area contributed by atoms with E-state index in [1.165, 1.54) is 19.1 Å². The van der Waals surface area contributed by atoms with E-state index in [0.29, 0.717) is 19.3 Å². The lowest BCUT2D eigenvalue weighted by Crippen LogP contribution is -2.54. The average Bonchev–Trinajstić information content (AvgIpc) is 2.72. The summed E-state index contributed by atoms with van der Waals surface area (Å²) in [6.45, 7) is 5.44. The number of ether oxygens (including phenoxy) is 3. The van der Waals surface area contributed by atoms with Gasteiger partial charge in [0, 0.05) is 6.54 Å². The third-order valence-electron chi connectivity index (χ3n) is 3.85. The number of hydrogen-bond donors (Lipinski definition) is 1. The minimum atomic E-state index is -1.10. The van der Waals surface area contributed by atoms with E-state index in [4.69, 9.17) is 9.47 Å². The van der Waals surface area contributed by atoms with Crippen molar-refractivity contribution >= 4 is 23.9 Å². The monoisotopic (exact) mass is 372 g/mol. The second kappa shape index (κ2) is 9.40. The Balaban J connectivity index is 2.95. The van der Waals surface area contributed by atoms with Crippen LogP contribution in [0.25, 0.3) is 0 Å². The highest BCUT2D eigenvalue weighted by molar-refractivity contribution is 5.91. The van der Waals surface area contributed by atoms with E-state index in [9.17, 15) is 19.2 Å². The van der Waals surface area contributed by atoms with Crippen molar-refractivity contribution in [1.29, 1.82) is 0 Å². The first kappa shape index (κ1) is 21.7. The van der Waals surface area contributed by atoms with Crippen LogP contribution in [0.5, 0.6) is 0 Å². The molecule has 0 aromatic heterocycles. The first-order valence-corrected chi connectivity index (χ1v) is 8.53. The van der Waals surface area contributed by atoms with E-state index in [2.05, 4.69) is 10.1 Å². The molecule has 0 bridgehead atoms. The van der Waals surface area contributed by atoms with Gasteiger partial charge in [-0.1, -0.05) is 0 Å². The van der Waals surface area contributed by atoms with Gasteiger partial charge in [0.05, 0.1) is 20.6 Å². The number of alkyl carbamates (subject to hydrolysis) is 1. The Morgan fingerprint density at radius 1 is 1.19 bits per heavy atom. The molecule has 0 radical (unpaired) electrons. The summed E-state index contributed by atoms with van der Waals surface area (Å²) in [5.41, 5.74) is -0.697. The summed E-state index contributed by atoms with van der Waals surface area (Å²) in [4.78, 5) is 49.9. The van der Waals surface area contributed by atoms with Gasteiger partial charge in [-0.2, -0.15) is 0 Å². The molecular formula is C17H28N2O7. The van der Waals surface area contributed by atoms with Gasteiger partial charge >= 0.3 is 18.0 Å². The molecule has 148 valence electrons. The van der Waals surface area contributed by atoms with Crippen LogP contribution in [0.3, 0.4) is 0 Å². The van der Waals surface area contributed by atoms with Gasteiger partial charge in [-0.15, -0.1) is 0 Å². The molecule has 1 aliphatic heterocycles. The smallest absolute Gasteiger partial charge is 0.408 e. The summed E-state index contributed by atoms with van der Waals surface area (Å²) in [5, 5.41) is 2.55. The fourth-order valence-electron chi connectivity index (χ4n) is 2.66. The van der Waals surface area contributed by atoms with E-state index in [-0.39, 0.29) is 13.0 Å². The van der Waals surface area contributed by atoms with Gasteiger partial charge in [0.15, 0.2) is 0 Å². The molecule has 1 fully saturated rings. The molecular weight excluding hydrogens is 344 g/mol. The molecule has 1 heterocycles. The number of nitrogens with one attached hydrogen (secondary N) is 1. The summed E-state index contributed by atoms with van der Waals surface area (Å²) < 4.78 is 14.5. The van der Waals surface area contributed by atoms with Crippen molar-refractivity contribution in [1.82, 2.24) is 10.2 Å². The fourth-order valence-corrected chi connectivity index (χ4v) is 2.66. The van der Waals surface area contributed by atoms with Crippen molar-refractivity contribution in [3.05, 3.63) is 0 Å². The Bertz CT molecular complexity index is 542. The number of carbonyl (C=O) groups is 4. The SMILES string of the molecule is COC(=O)C[C@@H](C(=O)OC)N1CCCC[C@@H](NC(=O)OC(C)(C)C)C1=O. The van der Waals surface area contributed by atoms with E-state index >= 15 is 0 Å². The van der Waals surface area contributed by atoms with Crippen LogP contribution in [0.15, 0.2) is 0 Å². The second-order valence-electron chi connectivity index (χ2n) is 7.05. The standard InChI is InChI=1S/C17H28N2O7/c1-17(2,3)26-16(23)18-11-8-6-7-9-19(14(11)21)12(15(22)25-5)10-13(20)24-4/h11-12H,6-10H2,1-5H3,(H,18,23)/t11-,12+/m1/s1. The molecule has 0 aromatic carbocycles. The van der Waals surface area contributed by atoms with Crippen LogP contribution < -0.4 is 5.32 Å². The number of carbonyl (C=O) groups excluding carboxylic acids is 4. The van der Waals surface area contributed by atoms with E-state index in [1.54, 1.807) is 20.8 Å². The largest absolute Gasteiger partial charge is 0.469 e. The van der Waals surface area contributed by atoms with Gasteiger partial charge in [-0.3, -0.25) is 9.59 Å². The molecule has 0 aromatic rings. The minimum absolute atomic E-state index is 0.280. The van der Waals surface area contributed by atoms with Crippen LogP contribution in [-0.4, -0.2) is 67.3 Å². The topological polar surface area (TPSA) is 111 Å². The quantitative estimate of drug-likeness (QED) is 0.566. The zero-order chi connectivity index (χ0) is 19.9. The molecule has 2 atom stereocenters. The predicted octanol–water partition coefficient (Wildman–Crippen LogP) is 0.997. The van der Waals surface area contributed by atoms with E-state index < -0.39 is 41.6 Å². The third kappa shape index (κ3) is 6.53. The van der Waals surface area contributed by atoms with Crippen LogP contribution in [-0.2, 0) is 28.6 Å². The second-order valence-corrected chi connectivity index (χ2v) is 7.05. The summed E-state index contributed by atoms with van der Waals surface area (Å²) in [6.07, 6.45) is 0.705. The zero-order valence-electron chi connectivity index (χ0n) is 16.0. The maximum absolute atomic E-state index is 12.9. The molecule has 9 heteroatoms. The Kier molecular flexibility index (Phi) is 7.85. The highest BCUT2D eigenvalue weighted by Gasteiger charge is 2.38. The molecule has 1 saturated heterocycles. The number of esters is 2. The lowest BCUT2D eigenvalue weighted by molar-refractivity contribution is -0.158. The summed E-state index contributed by atoms with van der Waals surface area (Å²) in [6, 6.07) is -1.93. The minimum Gasteiger partial charge on any atom is -0.469 e. The molecule has 1 aliphatic rings. The highest BCUT2D eigenvalue weighted by Crippen LogP contribution is 2.18. The van der Waals surface area contributed by atoms with Crippen LogP contribution in [0.4, 0.5) is 4.79 Å². The maximum atomic E-state index is 12.9. The third-order valence-corrected chi connectivity index (χ3v) is 3.85. The van der Waals surface area contributed by atoms with Gasteiger partial charge in [0.25, 0.3) is 0 Å². The van der Waals surface area contributed by atoms with Crippen molar-refractivity contribution in [3.63, 3.8) is 0 Å². The van der Waals surface area contributed by atoms with Crippen molar-refractivity contribution in [3.8, 4) is 0 Å². The van der Waals surface area contributed by atoms with Gasteiger partial charge in [0.1, 0.15) is 17.7 Å². The van der Waals surface area contributed by atoms with Crippen LogP contribution in [0.2, 0.25) is 0 Å². The van der Waals surface area contributed by atoms with Gasteiger partial charge in [0.2, 0.25) is 5.91 Å². The van der Waals surface area contributed by atoms with Gasteiger partial charge < -0.3 is 24.4 Å². The highest BCUT2D eigenvalue weighted by atomic mass is 16.6. The summed E-state index contributed by atoms with van der Waals surface area (Å²) >= 11 is 0. The van der Waals surface area contributed by atoms with Crippen molar-refractivity contribution in [2.45, 2.75) is 64.1 Å². The zero-order valence-corrected chi connectivity index (χ0v) is 16.0. The molecule has 9 nitrogen and oxygen atoms in total. The van der Waals surface area contributed by atoms with Crippen LogP contribution in [0, 0.1) is 0 Å². The molecule has 0 saturated carbocycles. The lowest BCUT2D eigenvalue weighted by atomic mass is 10.1. The Morgan fingerprint density at radius 2 is 1.85 bits per heavy atom. The fraction of sp³-hybridized carbons (Fsp3) is 0.765.